The minimum Gasteiger partial charge on any atom is -0.361 e. The summed E-state index contributed by atoms with van der Waals surface area (Å²) in [5.74, 6) is -0.0790. The normalized spacial score (nSPS) is 10.2. The average molecular weight is 234 g/mol. The molecule has 5 heteroatoms. The van der Waals surface area contributed by atoms with E-state index in [2.05, 4.69) is 10.5 Å². The zero-order valence-electron chi connectivity index (χ0n) is 9.24. The molecule has 17 heavy (non-hydrogen) atoms. The van der Waals surface area contributed by atoms with Gasteiger partial charge in [0.15, 0.2) is 0 Å². The Morgan fingerprint density at radius 3 is 2.71 bits per heavy atom. The Kier molecular flexibility index (Phi) is 3.18. The minimum absolute atomic E-state index is 0.256. The van der Waals surface area contributed by atoms with Crippen LogP contribution in [0.4, 0.5) is 4.39 Å². The Balaban J connectivity index is 1.97. The second kappa shape index (κ2) is 4.78. The van der Waals surface area contributed by atoms with Crippen molar-refractivity contribution < 1.29 is 13.7 Å². The molecule has 0 saturated heterocycles. The zero-order chi connectivity index (χ0) is 12.3. The van der Waals surface area contributed by atoms with Crippen molar-refractivity contribution in [2.24, 2.45) is 0 Å². The van der Waals surface area contributed by atoms with E-state index in [1.165, 1.54) is 18.3 Å². The number of halogens is 1. The van der Waals surface area contributed by atoms with Crippen molar-refractivity contribution in [3.05, 3.63) is 53.2 Å². The molecule has 4 nitrogen and oxygen atoms in total. The highest BCUT2D eigenvalue weighted by Gasteiger charge is 2.11. The number of carbonyl (C=O) groups excluding carboxylic acids is 1. The number of benzene rings is 1. The number of amides is 1. The lowest BCUT2D eigenvalue weighted by Gasteiger charge is -2.03. The summed E-state index contributed by atoms with van der Waals surface area (Å²) in [4.78, 5) is 11.7. The Labute approximate surface area is 97.4 Å². The van der Waals surface area contributed by atoms with Crippen molar-refractivity contribution in [3.8, 4) is 0 Å². The second-order valence-electron chi connectivity index (χ2n) is 3.60. The molecule has 1 heterocycles. The fourth-order valence-electron chi connectivity index (χ4n) is 1.40. The summed E-state index contributed by atoms with van der Waals surface area (Å²) in [5.41, 5.74) is 1.24. The van der Waals surface area contributed by atoms with E-state index in [0.717, 1.165) is 5.56 Å². The van der Waals surface area contributed by atoms with E-state index in [0.29, 0.717) is 17.9 Å². The predicted molar refractivity (Wildman–Crippen MR) is 58.8 cm³/mol. The number of nitrogens with zero attached hydrogens (tertiary/aromatic N) is 1. The van der Waals surface area contributed by atoms with Crippen LogP contribution in [0.25, 0.3) is 0 Å². The van der Waals surface area contributed by atoms with E-state index in [-0.39, 0.29) is 11.7 Å². The monoisotopic (exact) mass is 234 g/mol. The standard InChI is InChI=1S/C12H11FN2O2/c1-8-11(7-15-17-8)12(16)14-6-9-2-4-10(13)5-3-9/h2-5,7H,6H2,1H3,(H,14,16). The van der Waals surface area contributed by atoms with Crippen LogP contribution in [0, 0.1) is 12.7 Å². The van der Waals surface area contributed by atoms with Gasteiger partial charge in [-0.2, -0.15) is 0 Å². The molecular weight excluding hydrogens is 223 g/mol. The van der Waals surface area contributed by atoms with E-state index in [4.69, 9.17) is 4.52 Å². The van der Waals surface area contributed by atoms with Gasteiger partial charge < -0.3 is 9.84 Å². The van der Waals surface area contributed by atoms with Crippen LogP contribution in [0.2, 0.25) is 0 Å². The molecule has 1 N–H and O–H groups in total. The van der Waals surface area contributed by atoms with Gasteiger partial charge in [0.05, 0.1) is 6.20 Å². The molecule has 1 aromatic heterocycles. The Hall–Kier alpha value is -2.17. The topological polar surface area (TPSA) is 55.1 Å². The second-order valence-corrected chi connectivity index (χ2v) is 3.60. The number of hydrogen-bond acceptors (Lipinski definition) is 3. The number of aromatic nitrogens is 1. The quantitative estimate of drug-likeness (QED) is 0.884. The third-order valence-corrected chi connectivity index (χ3v) is 2.36. The van der Waals surface area contributed by atoms with Gasteiger partial charge in [0.2, 0.25) is 0 Å². The van der Waals surface area contributed by atoms with Crippen LogP contribution in [-0.2, 0) is 6.54 Å². The van der Waals surface area contributed by atoms with Gasteiger partial charge in [-0.15, -0.1) is 0 Å². The van der Waals surface area contributed by atoms with Gasteiger partial charge in [0, 0.05) is 6.54 Å². The lowest BCUT2D eigenvalue weighted by atomic mass is 10.2. The van der Waals surface area contributed by atoms with Crippen molar-refractivity contribution in [3.63, 3.8) is 0 Å². The molecule has 2 aromatic rings. The first kappa shape index (κ1) is 11.3. The minimum atomic E-state index is -0.296. The van der Waals surface area contributed by atoms with Gasteiger partial charge in [-0.3, -0.25) is 4.79 Å². The van der Waals surface area contributed by atoms with Gasteiger partial charge in [-0.1, -0.05) is 17.3 Å². The van der Waals surface area contributed by atoms with E-state index >= 15 is 0 Å². The average Bonchev–Trinajstić information content (AvgIpc) is 2.74. The SMILES string of the molecule is Cc1oncc1C(=O)NCc1ccc(F)cc1. The van der Waals surface area contributed by atoms with Crippen LogP contribution in [-0.4, -0.2) is 11.1 Å². The highest BCUT2D eigenvalue weighted by atomic mass is 19.1. The lowest BCUT2D eigenvalue weighted by molar-refractivity contribution is 0.0949. The number of hydrogen-bond donors (Lipinski definition) is 1. The van der Waals surface area contributed by atoms with Crippen molar-refractivity contribution in [1.29, 1.82) is 0 Å². The third kappa shape index (κ3) is 2.69. The molecule has 0 spiro atoms. The summed E-state index contributed by atoms with van der Waals surface area (Å²) in [6, 6.07) is 5.95. The van der Waals surface area contributed by atoms with Gasteiger partial charge in [-0.05, 0) is 24.6 Å². The molecule has 1 aromatic carbocycles. The molecule has 2 rings (SSSR count). The zero-order valence-corrected chi connectivity index (χ0v) is 9.24. The summed E-state index contributed by atoms with van der Waals surface area (Å²) >= 11 is 0. The summed E-state index contributed by atoms with van der Waals surface area (Å²) in [6.45, 7) is 2.00. The fourth-order valence-corrected chi connectivity index (χ4v) is 1.40. The summed E-state index contributed by atoms with van der Waals surface area (Å²) in [6.07, 6.45) is 1.37. The van der Waals surface area contributed by atoms with Gasteiger partial charge in [0.1, 0.15) is 17.1 Å². The molecule has 0 aliphatic carbocycles. The fraction of sp³-hybridized carbons (Fsp3) is 0.167. The van der Waals surface area contributed by atoms with Crippen molar-refractivity contribution >= 4 is 5.91 Å². The van der Waals surface area contributed by atoms with E-state index in [1.807, 2.05) is 0 Å². The van der Waals surface area contributed by atoms with Crippen LogP contribution < -0.4 is 5.32 Å². The lowest BCUT2D eigenvalue weighted by Crippen LogP contribution is -2.22. The van der Waals surface area contributed by atoms with E-state index in [9.17, 15) is 9.18 Å². The molecule has 0 aliphatic heterocycles. The van der Waals surface area contributed by atoms with Crippen LogP contribution in [0.15, 0.2) is 35.0 Å². The molecule has 0 bridgehead atoms. The largest absolute Gasteiger partial charge is 0.361 e. The molecule has 0 unspecified atom stereocenters. The maximum Gasteiger partial charge on any atom is 0.256 e. The first-order valence-electron chi connectivity index (χ1n) is 5.11. The summed E-state index contributed by atoms with van der Waals surface area (Å²) in [7, 11) is 0. The van der Waals surface area contributed by atoms with Crippen LogP contribution in [0.1, 0.15) is 21.7 Å². The van der Waals surface area contributed by atoms with Crippen LogP contribution in [0.5, 0.6) is 0 Å². The maximum atomic E-state index is 12.7. The number of carbonyl (C=O) groups is 1. The molecule has 1 amide bonds. The number of nitrogens with one attached hydrogen (secondary N) is 1. The maximum absolute atomic E-state index is 12.7. The first-order chi connectivity index (χ1) is 8.16. The van der Waals surface area contributed by atoms with Gasteiger partial charge in [-0.25, -0.2) is 4.39 Å². The molecule has 0 fully saturated rings. The molecule has 0 saturated carbocycles. The Morgan fingerprint density at radius 2 is 2.12 bits per heavy atom. The smallest absolute Gasteiger partial charge is 0.256 e. The van der Waals surface area contributed by atoms with Gasteiger partial charge in [0.25, 0.3) is 5.91 Å². The van der Waals surface area contributed by atoms with Crippen LogP contribution in [0.3, 0.4) is 0 Å². The molecule has 0 aliphatic rings. The van der Waals surface area contributed by atoms with Crippen molar-refractivity contribution in [2.75, 3.05) is 0 Å². The molecule has 0 radical (unpaired) electrons. The molecule has 0 atom stereocenters. The van der Waals surface area contributed by atoms with Crippen LogP contribution >= 0.6 is 0 Å². The molecular formula is C12H11FN2O2. The van der Waals surface area contributed by atoms with E-state index in [1.54, 1.807) is 19.1 Å². The number of rotatable bonds is 3. The van der Waals surface area contributed by atoms with E-state index < -0.39 is 0 Å². The van der Waals surface area contributed by atoms with Crippen molar-refractivity contribution in [2.45, 2.75) is 13.5 Å². The van der Waals surface area contributed by atoms with Gasteiger partial charge >= 0.3 is 0 Å². The third-order valence-electron chi connectivity index (χ3n) is 2.36. The predicted octanol–water partition coefficient (Wildman–Crippen LogP) is 2.05. The Morgan fingerprint density at radius 1 is 1.41 bits per heavy atom. The summed E-state index contributed by atoms with van der Waals surface area (Å²) < 4.78 is 17.4. The molecule has 88 valence electrons. The first-order valence-corrected chi connectivity index (χ1v) is 5.11. The highest BCUT2D eigenvalue weighted by molar-refractivity contribution is 5.94. The number of aryl methyl sites for hydroxylation is 1. The van der Waals surface area contributed by atoms with Crippen molar-refractivity contribution in [1.82, 2.24) is 10.5 Å². The Bertz CT molecular complexity index is 520. The highest BCUT2D eigenvalue weighted by Crippen LogP contribution is 2.06. The summed E-state index contributed by atoms with van der Waals surface area (Å²) in [5, 5.41) is 6.22.